The molecule has 0 unspecified atom stereocenters. The van der Waals surface area contributed by atoms with Crippen LogP contribution < -0.4 is 11.1 Å². The predicted molar refractivity (Wildman–Crippen MR) is 81.4 cm³/mol. The second kappa shape index (κ2) is 4.85. The molecule has 0 aliphatic carbocycles. The van der Waals surface area contributed by atoms with Gasteiger partial charge in [0.25, 0.3) is 0 Å². The number of hydrogen-bond donors (Lipinski definition) is 2. The normalized spacial score (nSPS) is 10.9. The lowest BCUT2D eigenvalue weighted by Gasteiger charge is -2.11. The zero-order chi connectivity index (χ0) is 14.1. The van der Waals surface area contributed by atoms with E-state index in [1.165, 1.54) is 0 Å². The lowest BCUT2D eigenvalue weighted by Crippen LogP contribution is -2.07. The topological polar surface area (TPSA) is 68.8 Å². The zero-order valence-electron chi connectivity index (χ0n) is 11.6. The monoisotopic (exact) mass is 267 g/mol. The number of imidazole rings is 1. The SMILES string of the molecule is Cc1cnc(NCc2nccn2C)c2cccc(N)c12. The summed E-state index contributed by atoms with van der Waals surface area (Å²) in [7, 11) is 1.97. The number of hydrogen-bond acceptors (Lipinski definition) is 4. The Morgan fingerprint density at radius 3 is 2.90 bits per heavy atom. The lowest BCUT2D eigenvalue weighted by atomic mass is 10.1. The van der Waals surface area contributed by atoms with Crippen molar-refractivity contribution >= 4 is 22.3 Å². The summed E-state index contributed by atoms with van der Waals surface area (Å²) in [6.45, 7) is 2.65. The van der Waals surface area contributed by atoms with E-state index in [1.54, 1.807) is 6.20 Å². The van der Waals surface area contributed by atoms with E-state index in [2.05, 4.69) is 15.3 Å². The second-order valence-electron chi connectivity index (χ2n) is 4.87. The van der Waals surface area contributed by atoms with Crippen molar-refractivity contribution < 1.29 is 0 Å². The molecule has 0 radical (unpaired) electrons. The van der Waals surface area contributed by atoms with Gasteiger partial charge in [-0.25, -0.2) is 9.97 Å². The Morgan fingerprint density at radius 1 is 1.30 bits per heavy atom. The third-order valence-electron chi connectivity index (χ3n) is 3.47. The summed E-state index contributed by atoms with van der Waals surface area (Å²) in [5, 5.41) is 5.44. The van der Waals surface area contributed by atoms with Crippen molar-refractivity contribution in [3.63, 3.8) is 0 Å². The highest BCUT2D eigenvalue weighted by Crippen LogP contribution is 2.28. The summed E-state index contributed by atoms with van der Waals surface area (Å²) in [4.78, 5) is 8.77. The van der Waals surface area contributed by atoms with Gasteiger partial charge in [0.05, 0.1) is 6.54 Å². The molecule has 0 saturated heterocycles. The molecule has 5 nitrogen and oxygen atoms in total. The molecular formula is C15H17N5. The first-order valence-electron chi connectivity index (χ1n) is 6.50. The Kier molecular flexibility index (Phi) is 3.02. The minimum atomic E-state index is 0.628. The number of aromatic nitrogens is 3. The molecule has 0 aliphatic rings. The molecule has 3 N–H and O–H groups in total. The Labute approximate surface area is 117 Å². The molecule has 0 spiro atoms. The molecule has 0 fully saturated rings. The molecule has 0 aliphatic heterocycles. The van der Waals surface area contributed by atoms with Crippen LogP contribution in [0.15, 0.2) is 36.8 Å². The van der Waals surface area contributed by atoms with Crippen LogP contribution in [0.2, 0.25) is 0 Å². The zero-order valence-corrected chi connectivity index (χ0v) is 11.6. The third-order valence-corrected chi connectivity index (χ3v) is 3.47. The van der Waals surface area contributed by atoms with E-state index >= 15 is 0 Å². The number of nitrogens with one attached hydrogen (secondary N) is 1. The van der Waals surface area contributed by atoms with Gasteiger partial charge in [0.2, 0.25) is 0 Å². The maximum Gasteiger partial charge on any atom is 0.134 e. The maximum atomic E-state index is 6.07. The van der Waals surface area contributed by atoms with Crippen molar-refractivity contribution in [2.45, 2.75) is 13.5 Å². The van der Waals surface area contributed by atoms with Gasteiger partial charge in [-0.3, -0.25) is 0 Å². The standard InChI is InChI=1S/C15H17N5/c1-10-8-18-15(11-4-3-5-12(16)14(10)11)19-9-13-17-6-7-20(13)2/h3-8H,9,16H2,1-2H3,(H,18,19). The van der Waals surface area contributed by atoms with E-state index in [1.807, 2.05) is 49.1 Å². The van der Waals surface area contributed by atoms with Gasteiger partial charge >= 0.3 is 0 Å². The van der Waals surface area contributed by atoms with E-state index in [0.717, 1.165) is 33.7 Å². The Morgan fingerprint density at radius 2 is 2.15 bits per heavy atom. The number of anilines is 2. The predicted octanol–water partition coefficient (Wildman–Crippen LogP) is 2.47. The fourth-order valence-electron chi connectivity index (χ4n) is 2.37. The van der Waals surface area contributed by atoms with E-state index in [0.29, 0.717) is 6.54 Å². The fraction of sp³-hybridized carbons (Fsp3) is 0.200. The Balaban J connectivity index is 1.98. The molecule has 20 heavy (non-hydrogen) atoms. The summed E-state index contributed by atoms with van der Waals surface area (Å²) < 4.78 is 1.98. The number of pyridine rings is 1. The first kappa shape index (κ1) is 12.5. The minimum Gasteiger partial charge on any atom is -0.398 e. The van der Waals surface area contributed by atoms with E-state index in [4.69, 9.17) is 5.73 Å². The van der Waals surface area contributed by atoms with Gasteiger partial charge < -0.3 is 15.6 Å². The van der Waals surface area contributed by atoms with Crippen molar-refractivity contribution in [3.8, 4) is 0 Å². The Bertz CT molecular complexity index is 752. The van der Waals surface area contributed by atoms with E-state index in [-0.39, 0.29) is 0 Å². The summed E-state index contributed by atoms with van der Waals surface area (Å²) in [6.07, 6.45) is 5.56. The van der Waals surface area contributed by atoms with Gasteiger partial charge in [-0.15, -0.1) is 0 Å². The maximum absolute atomic E-state index is 6.07. The number of aryl methyl sites for hydroxylation is 2. The first-order valence-corrected chi connectivity index (χ1v) is 6.50. The van der Waals surface area contributed by atoms with Crippen LogP contribution in [0.1, 0.15) is 11.4 Å². The number of nitrogens with two attached hydrogens (primary N) is 1. The largest absolute Gasteiger partial charge is 0.398 e. The molecule has 0 amide bonds. The molecule has 2 heterocycles. The van der Waals surface area contributed by atoms with Crippen LogP contribution in [-0.2, 0) is 13.6 Å². The van der Waals surface area contributed by atoms with Crippen molar-refractivity contribution in [2.75, 3.05) is 11.1 Å². The highest BCUT2D eigenvalue weighted by atomic mass is 15.1. The van der Waals surface area contributed by atoms with E-state index in [9.17, 15) is 0 Å². The average molecular weight is 267 g/mol. The van der Waals surface area contributed by atoms with Gasteiger partial charge in [0, 0.05) is 42.1 Å². The number of fused-ring (bicyclic) bond motifs is 1. The fourth-order valence-corrected chi connectivity index (χ4v) is 2.37. The Hall–Kier alpha value is -2.56. The van der Waals surface area contributed by atoms with Gasteiger partial charge in [-0.1, -0.05) is 12.1 Å². The van der Waals surface area contributed by atoms with Crippen molar-refractivity contribution in [2.24, 2.45) is 7.05 Å². The van der Waals surface area contributed by atoms with Crippen molar-refractivity contribution in [1.82, 2.24) is 14.5 Å². The quantitative estimate of drug-likeness (QED) is 0.715. The molecule has 5 heteroatoms. The number of nitrogen functional groups attached to an aromatic ring is 1. The van der Waals surface area contributed by atoms with Crippen LogP contribution >= 0.6 is 0 Å². The highest BCUT2D eigenvalue weighted by Gasteiger charge is 2.08. The number of benzene rings is 1. The van der Waals surface area contributed by atoms with Gasteiger partial charge in [0.1, 0.15) is 11.6 Å². The molecule has 1 aromatic carbocycles. The molecule has 2 aromatic heterocycles. The van der Waals surface area contributed by atoms with Crippen LogP contribution in [0, 0.1) is 6.92 Å². The second-order valence-corrected chi connectivity index (χ2v) is 4.87. The van der Waals surface area contributed by atoms with Crippen LogP contribution in [0.3, 0.4) is 0 Å². The van der Waals surface area contributed by atoms with Crippen molar-refractivity contribution in [1.29, 1.82) is 0 Å². The third kappa shape index (κ3) is 2.07. The smallest absolute Gasteiger partial charge is 0.134 e. The van der Waals surface area contributed by atoms with Gasteiger partial charge in [-0.05, 0) is 18.6 Å². The molecule has 3 rings (SSSR count). The highest BCUT2D eigenvalue weighted by molar-refractivity contribution is 6.01. The summed E-state index contributed by atoms with van der Waals surface area (Å²) in [5.74, 6) is 1.80. The van der Waals surface area contributed by atoms with Crippen LogP contribution in [0.5, 0.6) is 0 Å². The molecule has 102 valence electrons. The minimum absolute atomic E-state index is 0.628. The first-order chi connectivity index (χ1) is 9.66. The number of nitrogens with zero attached hydrogens (tertiary/aromatic N) is 3. The molecule has 0 bridgehead atoms. The van der Waals surface area contributed by atoms with E-state index < -0.39 is 0 Å². The number of rotatable bonds is 3. The van der Waals surface area contributed by atoms with Crippen LogP contribution in [0.4, 0.5) is 11.5 Å². The summed E-state index contributed by atoms with van der Waals surface area (Å²) in [6, 6.07) is 5.90. The molecule has 0 saturated carbocycles. The molecule has 3 aromatic rings. The van der Waals surface area contributed by atoms with Crippen LogP contribution in [0.25, 0.3) is 10.8 Å². The van der Waals surface area contributed by atoms with Gasteiger partial charge in [0.15, 0.2) is 0 Å². The lowest BCUT2D eigenvalue weighted by molar-refractivity contribution is 0.811. The molecule has 0 atom stereocenters. The summed E-state index contributed by atoms with van der Waals surface area (Å²) >= 11 is 0. The van der Waals surface area contributed by atoms with Gasteiger partial charge in [-0.2, -0.15) is 0 Å². The summed E-state index contributed by atoms with van der Waals surface area (Å²) in [5.41, 5.74) is 7.93. The average Bonchev–Trinajstić information content (AvgIpc) is 2.84. The van der Waals surface area contributed by atoms with Crippen LogP contribution in [-0.4, -0.2) is 14.5 Å². The van der Waals surface area contributed by atoms with Crippen molar-refractivity contribution in [3.05, 3.63) is 48.2 Å². The molecular weight excluding hydrogens is 250 g/mol.